The molecule has 40 heavy (non-hydrogen) atoms. The van der Waals surface area contributed by atoms with E-state index in [1.54, 1.807) is 6.07 Å². The summed E-state index contributed by atoms with van der Waals surface area (Å²) in [7, 11) is 0. The summed E-state index contributed by atoms with van der Waals surface area (Å²) in [5, 5.41) is 12.2. The number of imidazole rings is 1. The van der Waals surface area contributed by atoms with Crippen molar-refractivity contribution < 1.29 is 36.6 Å². The molecule has 1 N–H and O–H groups in total. The van der Waals surface area contributed by atoms with Gasteiger partial charge in [-0.05, 0) is 17.7 Å². The van der Waals surface area contributed by atoms with Crippen molar-refractivity contribution in [1.82, 2.24) is 19.1 Å². The summed E-state index contributed by atoms with van der Waals surface area (Å²) in [5.74, 6) is -5.31. The molecule has 9 nitrogen and oxygen atoms in total. The lowest BCUT2D eigenvalue weighted by atomic mass is 9.93. The number of pyridine rings is 1. The molecule has 1 fully saturated rings. The van der Waals surface area contributed by atoms with Crippen molar-refractivity contribution in [3.05, 3.63) is 92.7 Å². The Kier molecular flexibility index (Phi) is 5.08. The van der Waals surface area contributed by atoms with Crippen LogP contribution in [0.3, 0.4) is 0 Å². The van der Waals surface area contributed by atoms with Crippen molar-refractivity contribution in [2.45, 2.75) is 24.9 Å². The maximum absolute atomic E-state index is 15.5. The molecule has 0 aliphatic carbocycles. The summed E-state index contributed by atoms with van der Waals surface area (Å²) in [6.45, 7) is -0.471. The van der Waals surface area contributed by atoms with Crippen LogP contribution in [-0.4, -0.2) is 56.1 Å². The fraction of sp³-hybridized carbons (Fsp3) is 0.269. The summed E-state index contributed by atoms with van der Waals surface area (Å²) in [4.78, 5) is 31.0. The second-order valence-electron chi connectivity index (χ2n) is 9.72. The monoisotopic (exact) mass is 559 g/mol. The van der Waals surface area contributed by atoms with E-state index in [0.29, 0.717) is 0 Å². The number of hydrogen-bond acceptors (Lipinski definition) is 6. The number of halogens is 5. The summed E-state index contributed by atoms with van der Waals surface area (Å²) in [6, 6.07) is 6.52. The van der Waals surface area contributed by atoms with E-state index >= 15 is 4.39 Å². The normalized spacial score (nSPS) is 20.3. The van der Waals surface area contributed by atoms with Crippen molar-refractivity contribution in [1.29, 1.82) is 0 Å². The van der Waals surface area contributed by atoms with Gasteiger partial charge in [-0.3, -0.25) is 19.3 Å². The van der Waals surface area contributed by atoms with E-state index in [9.17, 15) is 32.3 Å². The Bertz CT molecular complexity index is 1800. The van der Waals surface area contributed by atoms with Crippen LogP contribution in [0.25, 0.3) is 11.0 Å². The van der Waals surface area contributed by atoms with E-state index in [1.807, 2.05) is 0 Å². The number of ether oxygens (including phenoxy) is 1. The first-order chi connectivity index (χ1) is 19.1. The first-order valence-electron chi connectivity index (χ1n) is 12.2. The third-order valence-electron chi connectivity index (χ3n) is 7.63. The number of fused-ring (bicyclic) bond motifs is 3. The average molecular weight is 559 g/mol. The predicted octanol–water partition coefficient (Wildman–Crippen LogP) is 3.10. The van der Waals surface area contributed by atoms with Gasteiger partial charge in [0.15, 0.2) is 23.1 Å². The van der Waals surface area contributed by atoms with Crippen LogP contribution in [0, 0.1) is 11.6 Å². The minimum atomic E-state index is -4.90. The molecule has 0 saturated carbocycles. The Hall–Kier alpha value is -4.46. The lowest BCUT2D eigenvalue weighted by molar-refractivity contribution is -0.146. The Morgan fingerprint density at radius 3 is 2.62 bits per heavy atom. The number of alkyl halides is 3. The molecular weight excluding hydrogens is 541 g/mol. The smallest absolute Gasteiger partial charge is 0.449 e. The van der Waals surface area contributed by atoms with Crippen LogP contribution in [0.15, 0.2) is 47.4 Å². The molecule has 2 atom stereocenters. The van der Waals surface area contributed by atoms with Crippen LogP contribution < -0.4 is 10.4 Å². The zero-order valence-corrected chi connectivity index (χ0v) is 20.3. The first-order valence-corrected chi connectivity index (χ1v) is 12.2. The van der Waals surface area contributed by atoms with Crippen LogP contribution in [0.4, 0.5) is 22.0 Å². The number of para-hydroxylation sites is 1. The molecule has 1 unspecified atom stereocenters. The molecule has 0 radical (unpaired) electrons. The lowest BCUT2D eigenvalue weighted by Gasteiger charge is -2.51. The number of amides is 1. The maximum atomic E-state index is 15.5. The number of aromatic hydroxyl groups is 1. The molecule has 0 bridgehead atoms. The molecule has 1 amide bonds. The first kappa shape index (κ1) is 24.6. The Balaban J connectivity index is 1.60. The number of carbonyl (C=O) groups is 1. The molecule has 2 aromatic heterocycles. The Morgan fingerprint density at radius 2 is 1.85 bits per heavy atom. The summed E-state index contributed by atoms with van der Waals surface area (Å²) >= 11 is 0. The van der Waals surface area contributed by atoms with Crippen LogP contribution in [0.2, 0.25) is 0 Å². The van der Waals surface area contributed by atoms with Gasteiger partial charge in [0.05, 0.1) is 30.8 Å². The van der Waals surface area contributed by atoms with Gasteiger partial charge in [-0.25, -0.2) is 13.8 Å². The highest BCUT2D eigenvalue weighted by Gasteiger charge is 2.47. The molecule has 1 saturated heterocycles. The zero-order chi connectivity index (χ0) is 28.1. The Labute approximate surface area is 221 Å². The van der Waals surface area contributed by atoms with Gasteiger partial charge in [0.25, 0.3) is 5.91 Å². The minimum absolute atomic E-state index is 0.0173. The van der Waals surface area contributed by atoms with Gasteiger partial charge in [-0.1, -0.05) is 18.2 Å². The Morgan fingerprint density at radius 1 is 1.05 bits per heavy atom. The second-order valence-corrected chi connectivity index (χ2v) is 9.72. The van der Waals surface area contributed by atoms with E-state index in [2.05, 4.69) is 4.98 Å². The number of nitrogens with zero attached hydrogens (tertiary/aromatic N) is 5. The van der Waals surface area contributed by atoms with Gasteiger partial charge in [0.2, 0.25) is 11.3 Å². The molecule has 14 heteroatoms. The van der Waals surface area contributed by atoms with Crippen molar-refractivity contribution in [3.8, 4) is 5.75 Å². The van der Waals surface area contributed by atoms with E-state index in [1.165, 1.54) is 39.0 Å². The number of morpholine rings is 1. The van der Waals surface area contributed by atoms with Crippen molar-refractivity contribution in [2.24, 2.45) is 0 Å². The third-order valence-corrected chi connectivity index (χ3v) is 7.63. The van der Waals surface area contributed by atoms with E-state index in [4.69, 9.17) is 4.74 Å². The van der Waals surface area contributed by atoms with Gasteiger partial charge in [0.1, 0.15) is 12.2 Å². The van der Waals surface area contributed by atoms with Gasteiger partial charge in [0, 0.05) is 29.9 Å². The molecule has 2 aromatic carbocycles. The van der Waals surface area contributed by atoms with Crippen molar-refractivity contribution >= 4 is 16.9 Å². The van der Waals surface area contributed by atoms with Gasteiger partial charge in [-0.15, -0.1) is 0 Å². The van der Waals surface area contributed by atoms with E-state index in [-0.39, 0.29) is 53.2 Å². The molecule has 5 heterocycles. The number of carbonyl (C=O) groups excluding carboxylic acids is 1. The number of hydrogen-bond donors (Lipinski definition) is 1. The topological polar surface area (TPSA) is 92.8 Å². The van der Waals surface area contributed by atoms with Crippen LogP contribution in [-0.2, 0) is 17.5 Å². The largest absolute Gasteiger partial charge is 0.502 e. The molecular formula is C26H18F5N5O4. The number of benzene rings is 2. The standard InChI is InChI=1S/C26H18F5N5O4/c27-15-5-4-12-14(19(15)28)10-34-21-13(2-1-3-16(21)32-25(34)26(29,30)31)20(12)36-18-11-40-9-8-33(18)24(39)22-23(38)17(37)6-7-35(22)36/h1-7,18,20,38H,8-11H2/t18-,20?/m1/s1. The van der Waals surface area contributed by atoms with E-state index < -0.39 is 59.5 Å². The molecule has 3 aliphatic heterocycles. The van der Waals surface area contributed by atoms with Crippen molar-refractivity contribution in [3.63, 3.8) is 0 Å². The maximum Gasteiger partial charge on any atom is 0.449 e. The van der Waals surface area contributed by atoms with Crippen LogP contribution in [0.1, 0.15) is 39.0 Å². The third kappa shape index (κ3) is 3.25. The quantitative estimate of drug-likeness (QED) is 0.361. The van der Waals surface area contributed by atoms with Gasteiger partial charge >= 0.3 is 6.18 Å². The zero-order valence-electron chi connectivity index (χ0n) is 20.3. The van der Waals surface area contributed by atoms with Gasteiger partial charge < -0.3 is 19.3 Å². The SMILES string of the molecule is O=C1c2c(O)c(=O)ccn2N(C2c3ccc(F)c(F)c3Cn3c(C(F)(F)F)nc4cccc2c43)[C@@H]2COCCN12. The summed E-state index contributed by atoms with van der Waals surface area (Å²) in [6.07, 6.45) is -4.53. The minimum Gasteiger partial charge on any atom is -0.502 e. The van der Waals surface area contributed by atoms with E-state index in [0.717, 1.165) is 16.7 Å². The predicted molar refractivity (Wildman–Crippen MR) is 128 cm³/mol. The number of rotatable bonds is 1. The van der Waals surface area contributed by atoms with Gasteiger partial charge in [-0.2, -0.15) is 13.2 Å². The molecule has 4 aromatic rings. The highest BCUT2D eigenvalue weighted by Crippen LogP contribution is 2.44. The van der Waals surface area contributed by atoms with Crippen LogP contribution in [0.5, 0.6) is 5.75 Å². The summed E-state index contributed by atoms with van der Waals surface area (Å²) in [5.41, 5.74) is -1.09. The van der Waals surface area contributed by atoms with Crippen molar-refractivity contribution in [2.75, 3.05) is 24.8 Å². The number of aromatic nitrogens is 3. The highest BCUT2D eigenvalue weighted by molar-refractivity contribution is 5.96. The average Bonchev–Trinajstić information content (AvgIpc) is 3.24. The molecule has 206 valence electrons. The fourth-order valence-corrected chi connectivity index (χ4v) is 5.97. The molecule has 0 spiro atoms. The van der Waals surface area contributed by atoms with Crippen LogP contribution >= 0.6 is 0 Å². The highest BCUT2D eigenvalue weighted by atomic mass is 19.4. The summed E-state index contributed by atoms with van der Waals surface area (Å²) < 4.78 is 80.1. The lowest BCUT2D eigenvalue weighted by Crippen LogP contribution is -2.66. The second kappa shape index (κ2) is 8.27. The fourth-order valence-electron chi connectivity index (χ4n) is 5.97. The molecule has 7 rings (SSSR count). The molecule has 3 aliphatic rings.